The Hall–Kier alpha value is -3.50. The van der Waals surface area contributed by atoms with Crippen LogP contribution in [0.15, 0.2) is 28.7 Å². The first-order chi connectivity index (χ1) is 17.1. The van der Waals surface area contributed by atoms with Crippen LogP contribution < -0.4 is 15.0 Å². The molecule has 2 heterocycles. The minimum atomic E-state index is -0.911. The average Bonchev–Trinajstić information content (AvgIpc) is 3.35. The standard InChI is InChI=1S/C26H35N5O5/c1-7-18-10-19(8-16(4)24(18)35-14-21(33)12-27-23(34)13-32)25-29-30-26(36-25)20-9-17(5)28-22(11-20)31(6)15(2)3/h8-11,15,21,32-33H,7,12-14H2,1-6H3,(H,27,34)/t21-/m0/s1. The minimum absolute atomic E-state index is 0.00183. The van der Waals surface area contributed by atoms with Crippen LogP contribution in [-0.4, -0.2) is 70.3 Å². The van der Waals surface area contributed by atoms with Crippen LogP contribution in [-0.2, 0) is 11.2 Å². The molecule has 2 aromatic heterocycles. The number of ether oxygens (including phenoxy) is 1. The number of aromatic nitrogens is 3. The van der Waals surface area contributed by atoms with Crippen LogP contribution in [0.25, 0.3) is 22.9 Å². The van der Waals surface area contributed by atoms with Crippen molar-refractivity contribution in [2.24, 2.45) is 0 Å². The number of aliphatic hydroxyl groups excluding tert-OH is 2. The highest BCUT2D eigenvalue weighted by Crippen LogP contribution is 2.32. The van der Waals surface area contributed by atoms with Crippen molar-refractivity contribution >= 4 is 11.7 Å². The van der Waals surface area contributed by atoms with Crippen LogP contribution in [0.1, 0.15) is 37.6 Å². The summed E-state index contributed by atoms with van der Waals surface area (Å²) in [6.45, 7) is 9.43. The topological polar surface area (TPSA) is 134 Å². The van der Waals surface area contributed by atoms with E-state index >= 15 is 0 Å². The molecular formula is C26H35N5O5. The average molecular weight is 498 g/mol. The molecular weight excluding hydrogens is 462 g/mol. The van der Waals surface area contributed by atoms with Gasteiger partial charge >= 0.3 is 0 Å². The maximum atomic E-state index is 11.2. The number of carbonyl (C=O) groups is 1. The molecule has 0 saturated heterocycles. The number of amides is 1. The van der Waals surface area contributed by atoms with Gasteiger partial charge in [-0.2, -0.15) is 0 Å². The maximum Gasteiger partial charge on any atom is 0.248 e. The van der Waals surface area contributed by atoms with Crippen molar-refractivity contribution in [1.29, 1.82) is 0 Å². The Morgan fingerprint density at radius 2 is 1.81 bits per heavy atom. The third-order valence-electron chi connectivity index (χ3n) is 5.83. The van der Waals surface area contributed by atoms with Crippen molar-refractivity contribution in [1.82, 2.24) is 20.5 Å². The van der Waals surface area contributed by atoms with Crippen LogP contribution in [0.4, 0.5) is 5.82 Å². The summed E-state index contributed by atoms with van der Waals surface area (Å²) >= 11 is 0. The molecule has 0 unspecified atom stereocenters. The first kappa shape index (κ1) is 27.1. The van der Waals surface area contributed by atoms with Gasteiger partial charge in [-0.1, -0.05) is 6.92 Å². The Morgan fingerprint density at radius 1 is 1.14 bits per heavy atom. The molecule has 10 nitrogen and oxygen atoms in total. The number of aryl methyl sites for hydroxylation is 3. The summed E-state index contributed by atoms with van der Waals surface area (Å²) in [6, 6.07) is 8.00. The van der Waals surface area contributed by atoms with Crippen LogP contribution in [0.2, 0.25) is 0 Å². The van der Waals surface area contributed by atoms with Gasteiger partial charge in [0.15, 0.2) is 0 Å². The second kappa shape index (κ2) is 12.0. The zero-order valence-electron chi connectivity index (χ0n) is 21.7. The van der Waals surface area contributed by atoms with Crippen molar-refractivity contribution in [3.05, 3.63) is 41.1 Å². The summed E-state index contributed by atoms with van der Waals surface area (Å²) in [5.74, 6) is 1.77. The first-order valence-electron chi connectivity index (χ1n) is 12.0. The Kier molecular flexibility index (Phi) is 9.00. The highest BCUT2D eigenvalue weighted by molar-refractivity contribution is 5.76. The van der Waals surface area contributed by atoms with Crippen molar-refractivity contribution in [3.8, 4) is 28.7 Å². The number of pyridine rings is 1. The minimum Gasteiger partial charge on any atom is -0.490 e. The van der Waals surface area contributed by atoms with E-state index in [4.69, 9.17) is 14.3 Å². The Morgan fingerprint density at radius 3 is 2.42 bits per heavy atom. The van der Waals surface area contributed by atoms with Gasteiger partial charge in [-0.15, -0.1) is 10.2 Å². The van der Waals surface area contributed by atoms with Crippen LogP contribution >= 0.6 is 0 Å². The van der Waals surface area contributed by atoms with E-state index in [0.717, 1.165) is 33.8 Å². The number of anilines is 1. The number of hydrogen-bond donors (Lipinski definition) is 3. The SMILES string of the molecule is CCc1cc(-c2nnc(-c3cc(C)nc(N(C)C(C)C)c3)o2)cc(C)c1OC[C@@H](O)CNC(=O)CO. The van der Waals surface area contributed by atoms with Crippen molar-refractivity contribution < 1.29 is 24.2 Å². The lowest BCUT2D eigenvalue weighted by molar-refractivity contribution is -0.124. The lowest BCUT2D eigenvalue weighted by atomic mass is 10.0. The van der Waals surface area contributed by atoms with Gasteiger partial charge in [0, 0.05) is 36.5 Å². The molecule has 3 rings (SSSR count). The Balaban J connectivity index is 1.81. The highest BCUT2D eigenvalue weighted by atomic mass is 16.5. The largest absolute Gasteiger partial charge is 0.490 e. The zero-order chi connectivity index (χ0) is 26.4. The van der Waals surface area contributed by atoms with E-state index in [1.54, 1.807) is 0 Å². The number of aliphatic hydroxyl groups is 2. The molecule has 36 heavy (non-hydrogen) atoms. The zero-order valence-corrected chi connectivity index (χ0v) is 21.7. The van der Waals surface area contributed by atoms with E-state index in [2.05, 4.69) is 39.2 Å². The molecule has 0 aliphatic heterocycles. The highest BCUT2D eigenvalue weighted by Gasteiger charge is 2.18. The molecule has 0 saturated carbocycles. The van der Waals surface area contributed by atoms with Gasteiger partial charge in [0.05, 0.1) is 0 Å². The molecule has 1 aromatic carbocycles. The predicted molar refractivity (Wildman–Crippen MR) is 137 cm³/mol. The number of hydrogen-bond acceptors (Lipinski definition) is 9. The number of nitrogens with zero attached hydrogens (tertiary/aromatic N) is 4. The third-order valence-corrected chi connectivity index (χ3v) is 5.83. The Labute approximate surface area is 211 Å². The molecule has 0 aliphatic carbocycles. The maximum absolute atomic E-state index is 11.2. The van der Waals surface area contributed by atoms with Gasteiger partial charge in [-0.25, -0.2) is 4.98 Å². The molecule has 10 heteroatoms. The van der Waals surface area contributed by atoms with E-state index in [-0.39, 0.29) is 13.2 Å². The van der Waals surface area contributed by atoms with Gasteiger partial charge in [0.1, 0.15) is 30.9 Å². The summed E-state index contributed by atoms with van der Waals surface area (Å²) in [6.07, 6.45) is -0.220. The smallest absolute Gasteiger partial charge is 0.248 e. The fraction of sp³-hybridized carbons (Fsp3) is 0.462. The lowest BCUT2D eigenvalue weighted by Crippen LogP contribution is -2.36. The van der Waals surface area contributed by atoms with Gasteiger partial charge in [0.25, 0.3) is 0 Å². The molecule has 0 spiro atoms. The summed E-state index contributed by atoms with van der Waals surface area (Å²) in [7, 11) is 2.00. The fourth-order valence-corrected chi connectivity index (χ4v) is 3.64. The Bertz CT molecular complexity index is 1190. The quantitative estimate of drug-likeness (QED) is 0.365. The molecule has 1 amide bonds. The molecule has 0 radical (unpaired) electrons. The molecule has 194 valence electrons. The molecule has 0 aliphatic rings. The van der Waals surface area contributed by atoms with Gasteiger partial charge in [-0.05, 0) is 69.5 Å². The number of benzene rings is 1. The summed E-state index contributed by atoms with van der Waals surface area (Å²) in [5.41, 5.74) is 4.22. The van der Waals surface area contributed by atoms with Crippen LogP contribution in [0, 0.1) is 13.8 Å². The van der Waals surface area contributed by atoms with E-state index in [1.165, 1.54) is 0 Å². The number of rotatable bonds is 11. The monoisotopic (exact) mass is 497 g/mol. The summed E-state index contributed by atoms with van der Waals surface area (Å²) in [4.78, 5) is 17.9. The fourth-order valence-electron chi connectivity index (χ4n) is 3.64. The molecule has 3 aromatic rings. The molecule has 3 N–H and O–H groups in total. The van der Waals surface area contributed by atoms with Gasteiger partial charge in [0.2, 0.25) is 17.7 Å². The summed E-state index contributed by atoms with van der Waals surface area (Å²) in [5, 5.41) is 29.8. The lowest BCUT2D eigenvalue weighted by Gasteiger charge is -2.23. The summed E-state index contributed by atoms with van der Waals surface area (Å²) < 4.78 is 11.9. The molecule has 1 atom stereocenters. The second-order valence-electron chi connectivity index (χ2n) is 9.03. The van der Waals surface area contributed by atoms with Crippen LogP contribution in [0.5, 0.6) is 5.75 Å². The van der Waals surface area contributed by atoms with E-state index < -0.39 is 18.6 Å². The first-order valence-corrected chi connectivity index (χ1v) is 12.0. The molecule has 0 bridgehead atoms. The third kappa shape index (κ3) is 6.58. The van der Waals surface area contributed by atoms with E-state index in [1.807, 2.05) is 52.1 Å². The van der Waals surface area contributed by atoms with Crippen LogP contribution in [0.3, 0.4) is 0 Å². The van der Waals surface area contributed by atoms with Crippen molar-refractivity contribution in [2.45, 2.75) is 53.2 Å². The molecule has 0 fully saturated rings. The number of carbonyl (C=O) groups excluding carboxylic acids is 1. The second-order valence-corrected chi connectivity index (χ2v) is 9.03. The van der Waals surface area contributed by atoms with E-state index in [0.29, 0.717) is 30.0 Å². The number of nitrogens with one attached hydrogen (secondary N) is 1. The van der Waals surface area contributed by atoms with Crippen molar-refractivity contribution in [2.75, 3.05) is 31.7 Å². The van der Waals surface area contributed by atoms with Gasteiger partial charge < -0.3 is 29.6 Å². The normalized spacial score (nSPS) is 12.0. The van der Waals surface area contributed by atoms with Gasteiger partial charge in [-0.3, -0.25) is 4.79 Å². The predicted octanol–water partition coefficient (Wildman–Crippen LogP) is 2.67. The van der Waals surface area contributed by atoms with E-state index in [9.17, 15) is 9.90 Å². The van der Waals surface area contributed by atoms with Crippen molar-refractivity contribution in [3.63, 3.8) is 0 Å².